The van der Waals surface area contributed by atoms with Crippen molar-refractivity contribution in [2.24, 2.45) is 29.1 Å². The molecule has 0 nitrogen and oxygen atoms in total. The Labute approximate surface area is 141 Å². The van der Waals surface area contributed by atoms with Crippen LogP contribution < -0.4 is 5.30 Å². The summed E-state index contributed by atoms with van der Waals surface area (Å²) in [5.74, 6) is 3.56. The quantitative estimate of drug-likeness (QED) is 0.484. The molecule has 5 aliphatic rings. The second-order valence-corrected chi connectivity index (χ2v) is 10.6. The Hall–Kier alpha value is -0.610. The van der Waals surface area contributed by atoms with Gasteiger partial charge in [0.05, 0.1) is 0 Å². The molecule has 6 rings (SSSR count). The van der Waals surface area contributed by atoms with Crippen molar-refractivity contribution < 1.29 is 0 Å². The third-order valence-electron chi connectivity index (χ3n) is 8.64. The van der Waals surface area contributed by atoms with E-state index in [2.05, 4.69) is 38.1 Å². The van der Waals surface area contributed by atoms with E-state index in [0.717, 1.165) is 32.3 Å². The van der Waals surface area contributed by atoms with E-state index in [1.165, 1.54) is 38.3 Å². The molecular formula is C22H27P. The second-order valence-electron chi connectivity index (χ2n) is 9.18. The summed E-state index contributed by atoms with van der Waals surface area (Å²) in [5.41, 5.74) is 6.27. The van der Waals surface area contributed by atoms with Gasteiger partial charge in [0, 0.05) is 5.41 Å². The molecule has 1 aromatic carbocycles. The van der Waals surface area contributed by atoms with Crippen LogP contribution in [0, 0.1) is 29.1 Å². The molecule has 1 heteroatoms. The minimum Gasteiger partial charge on any atom is -0.0898 e. The van der Waals surface area contributed by atoms with Gasteiger partial charge in [-0.15, -0.1) is 0 Å². The fourth-order valence-electron chi connectivity index (χ4n) is 7.86. The van der Waals surface area contributed by atoms with E-state index >= 15 is 0 Å². The Morgan fingerprint density at radius 2 is 2.04 bits per heavy atom. The predicted octanol–water partition coefficient (Wildman–Crippen LogP) is 4.60. The van der Waals surface area contributed by atoms with Gasteiger partial charge >= 0.3 is 0 Å². The molecule has 0 radical (unpaired) electrons. The molecule has 7 atom stereocenters. The number of allylic oxidation sites excluding steroid dienone is 2. The molecule has 1 heterocycles. The number of benzene rings is 1. The van der Waals surface area contributed by atoms with Crippen molar-refractivity contribution in [1.29, 1.82) is 0 Å². The zero-order valence-electron chi connectivity index (χ0n) is 14.4. The predicted molar refractivity (Wildman–Crippen MR) is 99.1 cm³/mol. The smallest absolute Gasteiger partial charge is 0.0205 e. The highest BCUT2D eigenvalue weighted by Crippen LogP contribution is 2.79. The van der Waals surface area contributed by atoms with Crippen LogP contribution in [0.5, 0.6) is 0 Å². The van der Waals surface area contributed by atoms with Crippen LogP contribution in [-0.4, -0.2) is 6.16 Å². The molecule has 2 fully saturated rings. The molecule has 4 aliphatic carbocycles. The minimum absolute atomic E-state index is 0.410. The van der Waals surface area contributed by atoms with Crippen LogP contribution in [0.1, 0.15) is 49.8 Å². The van der Waals surface area contributed by atoms with Gasteiger partial charge in [0.15, 0.2) is 0 Å². The van der Waals surface area contributed by atoms with Gasteiger partial charge in [0.25, 0.3) is 0 Å². The van der Waals surface area contributed by atoms with Gasteiger partial charge in [-0.3, -0.25) is 0 Å². The summed E-state index contributed by atoms with van der Waals surface area (Å²) in [6, 6.07) is 5.33. The third-order valence-corrected chi connectivity index (χ3v) is 9.99. The average molecular weight is 322 g/mol. The summed E-state index contributed by atoms with van der Waals surface area (Å²) in [5, 5.41) is 1.71. The molecule has 0 spiro atoms. The lowest BCUT2D eigenvalue weighted by atomic mass is 9.37. The summed E-state index contributed by atoms with van der Waals surface area (Å²) >= 11 is 0. The molecule has 0 N–H and O–H groups in total. The first-order valence-corrected chi connectivity index (χ1v) is 11.0. The van der Waals surface area contributed by atoms with E-state index in [4.69, 9.17) is 0 Å². The Kier molecular flexibility index (Phi) is 2.45. The summed E-state index contributed by atoms with van der Waals surface area (Å²) in [7, 11) is 1.07. The normalized spacial score (nSPS) is 49.3. The molecule has 2 bridgehead atoms. The summed E-state index contributed by atoms with van der Waals surface area (Å²) < 4.78 is 0. The zero-order chi connectivity index (χ0) is 15.4. The van der Waals surface area contributed by atoms with Crippen molar-refractivity contribution in [1.82, 2.24) is 0 Å². The molecule has 1 aliphatic heterocycles. The highest BCUT2D eigenvalue weighted by atomic mass is 31.1. The number of hydrogen-bond donors (Lipinski definition) is 0. The molecule has 120 valence electrons. The summed E-state index contributed by atoms with van der Waals surface area (Å²) in [6.45, 7) is 5.13. The fraction of sp³-hybridized carbons (Fsp3) is 0.636. The SMILES string of the molecule is CC1CC23CCCc4cc5c(cc4C4(C=CC1C24)C3C)PCC5. The first-order valence-electron chi connectivity index (χ1n) is 9.76. The van der Waals surface area contributed by atoms with Crippen LogP contribution in [-0.2, 0) is 18.3 Å². The maximum atomic E-state index is 2.69. The van der Waals surface area contributed by atoms with Crippen LogP contribution in [0.25, 0.3) is 0 Å². The van der Waals surface area contributed by atoms with Crippen LogP contribution in [0.4, 0.5) is 0 Å². The van der Waals surface area contributed by atoms with Gasteiger partial charge in [-0.05, 0) is 89.3 Å². The van der Waals surface area contributed by atoms with Crippen molar-refractivity contribution in [3.8, 4) is 0 Å². The van der Waals surface area contributed by atoms with Gasteiger partial charge in [-0.1, -0.05) is 46.7 Å². The monoisotopic (exact) mass is 322 g/mol. The Balaban J connectivity index is 1.61. The molecule has 2 saturated carbocycles. The first kappa shape index (κ1) is 13.7. The number of hydrogen-bond acceptors (Lipinski definition) is 0. The minimum atomic E-state index is 0.410. The average Bonchev–Trinajstić information content (AvgIpc) is 3.18. The van der Waals surface area contributed by atoms with Gasteiger partial charge in [0.1, 0.15) is 0 Å². The van der Waals surface area contributed by atoms with Crippen LogP contribution in [0.3, 0.4) is 0 Å². The molecule has 23 heavy (non-hydrogen) atoms. The maximum Gasteiger partial charge on any atom is 0.0205 e. The molecular weight excluding hydrogens is 295 g/mol. The Morgan fingerprint density at radius 3 is 2.96 bits per heavy atom. The van der Waals surface area contributed by atoms with Gasteiger partial charge in [-0.25, -0.2) is 0 Å². The number of rotatable bonds is 0. The van der Waals surface area contributed by atoms with E-state index < -0.39 is 0 Å². The van der Waals surface area contributed by atoms with E-state index in [-0.39, 0.29) is 0 Å². The summed E-state index contributed by atoms with van der Waals surface area (Å²) in [4.78, 5) is 0. The van der Waals surface area contributed by atoms with Crippen LogP contribution >= 0.6 is 8.58 Å². The number of fused-ring (bicyclic) bond motifs is 2. The third kappa shape index (κ3) is 1.34. The molecule has 1 aromatic rings. The lowest BCUT2D eigenvalue weighted by Crippen LogP contribution is -2.63. The van der Waals surface area contributed by atoms with E-state index in [9.17, 15) is 0 Å². The lowest BCUT2D eigenvalue weighted by molar-refractivity contribution is -0.106. The Morgan fingerprint density at radius 1 is 1.13 bits per heavy atom. The van der Waals surface area contributed by atoms with Crippen molar-refractivity contribution in [3.05, 3.63) is 41.0 Å². The van der Waals surface area contributed by atoms with E-state index in [1.807, 2.05) is 0 Å². The van der Waals surface area contributed by atoms with Crippen molar-refractivity contribution in [2.75, 3.05) is 6.16 Å². The topological polar surface area (TPSA) is 0 Å². The second kappa shape index (κ2) is 4.13. The highest BCUT2D eigenvalue weighted by Gasteiger charge is 2.75. The molecule has 0 amide bonds. The van der Waals surface area contributed by atoms with Crippen molar-refractivity contribution in [3.63, 3.8) is 0 Å². The van der Waals surface area contributed by atoms with Crippen LogP contribution in [0.15, 0.2) is 24.3 Å². The van der Waals surface area contributed by atoms with Crippen molar-refractivity contribution >= 4 is 13.9 Å². The molecule has 7 unspecified atom stereocenters. The van der Waals surface area contributed by atoms with Crippen molar-refractivity contribution in [2.45, 2.75) is 51.4 Å². The zero-order valence-corrected chi connectivity index (χ0v) is 15.4. The Bertz CT molecular complexity index is 747. The molecule has 0 aromatic heterocycles. The highest BCUT2D eigenvalue weighted by molar-refractivity contribution is 7.47. The van der Waals surface area contributed by atoms with Crippen LogP contribution in [0.2, 0.25) is 0 Å². The summed E-state index contributed by atoms with van der Waals surface area (Å²) in [6.07, 6.45) is 13.8. The van der Waals surface area contributed by atoms with Gasteiger partial charge < -0.3 is 0 Å². The fourth-order valence-corrected chi connectivity index (χ4v) is 9.20. The number of aryl methyl sites for hydroxylation is 2. The van der Waals surface area contributed by atoms with E-state index in [0.29, 0.717) is 10.8 Å². The standard InChI is InChI=1S/C22H27P/c1-13-12-21-7-3-4-15-10-16-6-9-23-19(16)11-18(15)22(14(21)2)8-5-17(13)20(21)22/h5,8,10-11,13-14,17,20,23H,3-4,6-7,9,12H2,1-2H3. The first-order chi connectivity index (χ1) is 11.2. The van der Waals surface area contributed by atoms with Gasteiger partial charge in [-0.2, -0.15) is 0 Å². The maximum absolute atomic E-state index is 2.69. The van der Waals surface area contributed by atoms with Gasteiger partial charge in [0.2, 0.25) is 0 Å². The van der Waals surface area contributed by atoms with E-state index in [1.54, 1.807) is 22.0 Å². The largest absolute Gasteiger partial charge is 0.0898 e. The lowest BCUT2D eigenvalue weighted by Gasteiger charge is -2.66. The molecule has 0 saturated heterocycles.